The van der Waals surface area contributed by atoms with Crippen molar-refractivity contribution < 1.29 is 13.9 Å². The zero-order chi connectivity index (χ0) is 22.3. The summed E-state index contributed by atoms with van der Waals surface area (Å²) < 4.78 is 24.8. The van der Waals surface area contributed by atoms with E-state index in [1.165, 1.54) is 31.6 Å². The first-order valence-corrected chi connectivity index (χ1v) is 13.0. The Labute approximate surface area is 189 Å². The first-order valence-electron chi connectivity index (χ1n) is 8.84. The summed E-state index contributed by atoms with van der Waals surface area (Å²) in [5, 5.41) is 11.9. The fourth-order valence-electron chi connectivity index (χ4n) is 2.74. The number of hydrogen-bond donors (Lipinski definition) is 4. The molecule has 1 heterocycles. The third-order valence-electron chi connectivity index (χ3n) is 4.35. The van der Waals surface area contributed by atoms with Gasteiger partial charge in [-0.25, -0.2) is 4.98 Å². The molecule has 2 rings (SSSR count). The van der Waals surface area contributed by atoms with Crippen LogP contribution >= 0.6 is 28.4 Å². The van der Waals surface area contributed by atoms with E-state index in [0.29, 0.717) is 40.4 Å². The van der Waals surface area contributed by atoms with Crippen LogP contribution in [0.4, 0.5) is 10.1 Å². The Balaban J connectivity index is 2.51. The molecular weight excluding hydrogens is 519 g/mol. The van der Waals surface area contributed by atoms with Crippen molar-refractivity contribution in [1.29, 1.82) is 5.41 Å². The minimum Gasteiger partial charge on any atom is -0.492 e. The third-order valence-corrected chi connectivity index (χ3v) is 5.52. The summed E-state index contributed by atoms with van der Waals surface area (Å²) in [5.41, 5.74) is 15.6. The van der Waals surface area contributed by atoms with Gasteiger partial charge in [-0.15, -0.1) is 0 Å². The number of pyridine rings is 1. The molecule has 7 nitrogen and oxygen atoms in total. The number of benzene rings is 1. The molecule has 0 amide bonds. The normalized spacial score (nSPS) is 12.6. The van der Waals surface area contributed by atoms with Gasteiger partial charge in [0.05, 0.1) is 24.1 Å². The van der Waals surface area contributed by atoms with E-state index in [1.807, 2.05) is 13.0 Å². The largest absolute Gasteiger partial charge is 0.492 e. The Kier molecular flexibility index (Phi) is 8.86. The molecule has 0 saturated heterocycles. The maximum Gasteiger partial charge on any atom is 0.212 e. The number of methoxy groups -OCH3 is 1. The lowest BCUT2D eigenvalue weighted by atomic mass is 10.0. The lowest BCUT2D eigenvalue weighted by Crippen LogP contribution is -2.12. The number of anilines is 1. The van der Waals surface area contributed by atoms with Crippen molar-refractivity contribution in [2.45, 2.75) is 13.8 Å². The van der Waals surface area contributed by atoms with Gasteiger partial charge < -0.3 is 26.0 Å². The van der Waals surface area contributed by atoms with Crippen molar-refractivity contribution in [3.05, 3.63) is 70.6 Å². The molecule has 1 aromatic heterocycles. The van der Waals surface area contributed by atoms with Crippen LogP contribution in [0.2, 0.25) is 0 Å². The number of allylic oxidation sites excluding steroid dienone is 1. The smallest absolute Gasteiger partial charge is 0.212 e. The molecule has 0 saturated carbocycles. The molecular formula is C20H24FIN5O2P. The first-order chi connectivity index (χ1) is 14.3. The minimum absolute atomic E-state index is 0.130. The molecule has 6 N–H and O–H groups in total. The van der Waals surface area contributed by atoms with Gasteiger partial charge in [0.1, 0.15) is 6.61 Å². The van der Waals surface area contributed by atoms with E-state index in [9.17, 15) is 4.39 Å². The van der Waals surface area contributed by atoms with E-state index < -0.39 is 5.95 Å². The van der Waals surface area contributed by atoms with Gasteiger partial charge in [-0.2, -0.15) is 4.39 Å². The van der Waals surface area contributed by atoms with Gasteiger partial charge in [0.2, 0.25) is 5.95 Å². The molecule has 0 radical (unpaired) electrons. The molecule has 0 fully saturated rings. The van der Waals surface area contributed by atoms with Crippen molar-refractivity contribution in [2.24, 2.45) is 11.5 Å². The molecule has 1 aromatic carbocycles. The average molecular weight is 543 g/mol. The molecule has 0 aliphatic heterocycles. The summed E-state index contributed by atoms with van der Waals surface area (Å²) in [4.78, 5) is 3.65. The number of nitrogens with two attached hydrogens (primary N) is 2. The van der Waals surface area contributed by atoms with Crippen molar-refractivity contribution in [2.75, 3.05) is 18.8 Å². The molecule has 0 bridgehead atoms. The van der Waals surface area contributed by atoms with E-state index in [4.69, 9.17) is 26.4 Å². The standard InChI is InChI=1S/C20H24FIN5O2P/c1-11(8-23)14(12(2)24)10-29-16-6-5-15(27-30-22)18(20(16)28-3)19(25)13-4-7-17(21)26-9-13/h4-9,25,27,30H,10,23-24H2,1-3H3/b11-8-,14-12-,25-19?. The zero-order valence-electron chi connectivity index (χ0n) is 16.8. The summed E-state index contributed by atoms with van der Waals surface area (Å²) in [6.07, 6.45) is 3.16. The van der Waals surface area contributed by atoms with Gasteiger partial charge in [0.15, 0.2) is 11.5 Å². The second kappa shape index (κ2) is 11.1. The Morgan fingerprint density at radius 3 is 2.60 bits per heavy atom. The van der Waals surface area contributed by atoms with Gasteiger partial charge in [-0.1, -0.05) is 0 Å². The van der Waals surface area contributed by atoms with Gasteiger partial charge in [-0.3, -0.25) is 5.41 Å². The maximum atomic E-state index is 13.2. The highest BCUT2D eigenvalue weighted by molar-refractivity contribution is 14.2. The Morgan fingerprint density at radius 1 is 1.33 bits per heavy atom. The zero-order valence-corrected chi connectivity index (χ0v) is 20.0. The van der Waals surface area contributed by atoms with Gasteiger partial charge >= 0.3 is 0 Å². The number of rotatable bonds is 9. The van der Waals surface area contributed by atoms with E-state index in [-0.39, 0.29) is 12.3 Å². The van der Waals surface area contributed by atoms with Crippen LogP contribution in [-0.2, 0) is 0 Å². The van der Waals surface area contributed by atoms with Crippen LogP contribution in [0, 0.1) is 11.4 Å². The van der Waals surface area contributed by atoms with Crippen molar-refractivity contribution in [3.63, 3.8) is 0 Å². The summed E-state index contributed by atoms with van der Waals surface area (Å²) in [7, 11) is 1.51. The number of aromatic nitrogens is 1. The molecule has 160 valence electrons. The van der Waals surface area contributed by atoms with Crippen molar-refractivity contribution >= 4 is 39.8 Å². The van der Waals surface area contributed by atoms with Crippen LogP contribution in [0.1, 0.15) is 25.0 Å². The van der Waals surface area contributed by atoms with Crippen LogP contribution in [0.25, 0.3) is 0 Å². The highest BCUT2D eigenvalue weighted by Gasteiger charge is 2.21. The van der Waals surface area contributed by atoms with Gasteiger partial charge in [0.25, 0.3) is 0 Å². The number of hydrogen-bond acceptors (Lipinski definition) is 7. The second-order valence-electron chi connectivity index (χ2n) is 6.28. The van der Waals surface area contributed by atoms with Crippen LogP contribution in [-0.4, -0.2) is 24.4 Å². The fourth-order valence-corrected chi connectivity index (χ4v) is 3.92. The van der Waals surface area contributed by atoms with E-state index in [1.54, 1.807) is 13.0 Å². The maximum absolute atomic E-state index is 13.2. The molecule has 2 aromatic rings. The topological polar surface area (TPSA) is 119 Å². The Hall–Kier alpha value is -2.39. The average Bonchev–Trinajstić information content (AvgIpc) is 2.73. The second-order valence-corrected chi connectivity index (χ2v) is 8.34. The lowest BCUT2D eigenvalue weighted by Gasteiger charge is -2.20. The monoisotopic (exact) mass is 543 g/mol. The SMILES string of the molecule is COc1c(OCC(/C(C)=C\N)=C(\C)N)ccc(NPI)c1C(=N)c1ccc(F)nc1. The van der Waals surface area contributed by atoms with E-state index >= 15 is 0 Å². The molecule has 30 heavy (non-hydrogen) atoms. The van der Waals surface area contributed by atoms with Gasteiger partial charge in [0, 0.05) is 29.4 Å². The molecule has 0 aliphatic carbocycles. The molecule has 0 spiro atoms. The molecule has 10 heteroatoms. The predicted octanol–water partition coefficient (Wildman–Crippen LogP) is 4.47. The minimum atomic E-state index is -0.609. The fraction of sp³-hybridized carbons (Fsp3) is 0.200. The summed E-state index contributed by atoms with van der Waals surface area (Å²) in [6, 6.07) is 6.30. The predicted molar refractivity (Wildman–Crippen MR) is 129 cm³/mol. The summed E-state index contributed by atoms with van der Waals surface area (Å²) in [6.45, 7) is 3.81. The highest BCUT2D eigenvalue weighted by Crippen LogP contribution is 2.40. The third kappa shape index (κ3) is 5.60. The molecule has 1 unspecified atom stereocenters. The lowest BCUT2D eigenvalue weighted by molar-refractivity contribution is 0.319. The van der Waals surface area contributed by atoms with Crippen LogP contribution in [0.5, 0.6) is 11.5 Å². The van der Waals surface area contributed by atoms with Crippen molar-refractivity contribution in [3.8, 4) is 11.5 Å². The van der Waals surface area contributed by atoms with Crippen molar-refractivity contribution in [1.82, 2.24) is 4.98 Å². The number of halogens is 2. The molecule has 1 atom stereocenters. The first kappa shape index (κ1) is 23.9. The number of ether oxygens (including phenoxy) is 2. The van der Waals surface area contributed by atoms with E-state index in [0.717, 1.165) is 11.1 Å². The summed E-state index contributed by atoms with van der Waals surface area (Å²) >= 11 is 2.20. The van der Waals surface area contributed by atoms with Crippen LogP contribution in [0.15, 0.2) is 53.5 Å². The Bertz CT molecular complexity index is 976. The molecule has 0 aliphatic rings. The summed E-state index contributed by atoms with van der Waals surface area (Å²) in [5.74, 6) is 0.216. The number of nitrogens with one attached hydrogen (secondary N) is 2. The Morgan fingerprint density at radius 2 is 2.07 bits per heavy atom. The van der Waals surface area contributed by atoms with Gasteiger partial charge in [-0.05, 0) is 71.9 Å². The number of nitrogens with zero attached hydrogens (tertiary/aromatic N) is 1. The van der Waals surface area contributed by atoms with Crippen LogP contribution in [0.3, 0.4) is 0 Å². The van der Waals surface area contributed by atoms with Crippen LogP contribution < -0.4 is 26.0 Å². The highest BCUT2D eigenvalue weighted by atomic mass is 127. The van der Waals surface area contributed by atoms with E-state index in [2.05, 4.69) is 32.1 Å². The quantitative estimate of drug-likeness (QED) is 0.122.